The topological polar surface area (TPSA) is 67.5 Å². The van der Waals surface area contributed by atoms with Crippen LogP contribution in [0, 0.1) is 6.92 Å². The maximum Gasteiger partial charge on any atom is 0.267 e. The molecule has 1 N–H and O–H groups in total. The summed E-state index contributed by atoms with van der Waals surface area (Å²) < 4.78 is 1.80. The number of carbonyl (C=O) groups excluding carboxylic acids is 1. The van der Waals surface area contributed by atoms with E-state index in [4.69, 9.17) is 34.8 Å². The number of hydrogen-bond acceptors (Lipinski definition) is 5. The predicted molar refractivity (Wildman–Crippen MR) is 113 cm³/mol. The standard InChI is InChI=1S/C19H14Cl3N3O2S/c1-11-3-2-4-25(17(11)23-8-15-9-24-19(22)28-15)18(27)16(10-26)12-5-13(20)7-14(21)6-12/h2-7,9-10,26H,8H2,1H3/b16-10+,23-17?. The summed E-state index contributed by atoms with van der Waals surface area (Å²) in [4.78, 5) is 22.6. The summed E-state index contributed by atoms with van der Waals surface area (Å²) in [6, 6.07) is 8.24. The van der Waals surface area contributed by atoms with Crippen LogP contribution < -0.4 is 5.49 Å². The van der Waals surface area contributed by atoms with E-state index in [0.29, 0.717) is 32.1 Å². The van der Waals surface area contributed by atoms with E-state index in [0.717, 1.165) is 16.7 Å². The van der Waals surface area contributed by atoms with Gasteiger partial charge in [0.25, 0.3) is 5.91 Å². The van der Waals surface area contributed by atoms with Crippen LogP contribution in [0.4, 0.5) is 0 Å². The lowest BCUT2D eigenvalue weighted by molar-refractivity contribution is 0.0972. The zero-order valence-corrected chi connectivity index (χ0v) is 17.6. The first-order valence-electron chi connectivity index (χ1n) is 8.03. The number of pyridine rings is 1. The summed E-state index contributed by atoms with van der Waals surface area (Å²) in [5.74, 6) is -0.467. The first-order valence-corrected chi connectivity index (χ1v) is 9.98. The van der Waals surface area contributed by atoms with Crippen molar-refractivity contribution in [3.05, 3.63) is 85.0 Å². The lowest BCUT2D eigenvalue weighted by Crippen LogP contribution is -2.29. The Morgan fingerprint density at radius 2 is 2.00 bits per heavy atom. The fourth-order valence-electron chi connectivity index (χ4n) is 2.58. The summed E-state index contributed by atoms with van der Waals surface area (Å²) in [5.41, 5.74) is 1.70. The molecule has 5 nitrogen and oxygen atoms in total. The molecule has 2 heterocycles. The van der Waals surface area contributed by atoms with E-state index in [9.17, 15) is 9.90 Å². The molecule has 1 aromatic carbocycles. The monoisotopic (exact) mass is 453 g/mol. The molecule has 28 heavy (non-hydrogen) atoms. The number of aryl methyl sites for hydroxylation is 1. The van der Waals surface area contributed by atoms with E-state index in [2.05, 4.69) is 9.98 Å². The van der Waals surface area contributed by atoms with Crippen LogP contribution in [0.2, 0.25) is 14.5 Å². The Hall–Kier alpha value is -2.12. The zero-order chi connectivity index (χ0) is 20.3. The molecular formula is C19H14Cl3N3O2S. The largest absolute Gasteiger partial charge is 0.515 e. The Kier molecular flexibility index (Phi) is 6.57. The van der Waals surface area contributed by atoms with Crippen molar-refractivity contribution in [2.45, 2.75) is 13.5 Å². The molecule has 0 saturated carbocycles. The van der Waals surface area contributed by atoms with Crippen LogP contribution >= 0.6 is 46.1 Å². The molecule has 0 saturated heterocycles. The molecule has 0 amide bonds. The van der Waals surface area contributed by atoms with Gasteiger partial charge < -0.3 is 5.11 Å². The number of carbonyl (C=O) groups is 1. The van der Waals surface area contributed by atoms with Gasteiger partial charge >= 0.3 is 0 Å². The Labute approximate surface area is 180 Å². The van der Waals surface area contributed by atoms with Crippen molar-refractivity contribution >= 4 is 57.6 Å². The number of halogens is 3. The predicted octanol–water partition coefficient (Wildman–Crippen LogP) is 5.55. The van der Waals surface area contributed by atoms with Crippen LogP contribution in [-0.4, -0.2) is 20.6 Å². The summed E-state index contributed by atoms with van der Waals surface area (Å²) in [5, 5.41) is 10.4. The maximum absolute atomic E-state index is 13.1. The van der Waals surface area contributed by atoms with Crippen molar-refractivity contribution in [1.82, 2.24) is 9.55 Å². The van der Waals surface area contributed by atoms with E-state index in [1.54, 1.807) is 36.7 Å². The van der Waals surface area contributed by atoms with Crippen LogP contribution in [0.15, 0.2) is 54.0 Å². The highest BCUT2D eigenvalue weighted by Gasteiger charge is 2.17. The first kappa shape index (κ1) is 20.6. The molecule has 3 rings (SSSR count). The summed E-state index contributed by atoms with van der Waals surface area (Å²) in [6.45, 7) is 2.17. The molecule has 2 aromatic heterocycles. The second kappa shape index (κ2) is 8.92. The minimum atomic E-state index is -0.467. The lowest BCUT2D eigenvalue weighted by Gasteiger charge is -2.11. The van der Waals surface area contributed by atoms with Crippen LogP contribution in [0.1, 0.15) is 20.8 Å². The third-order valence-electron chi connectivity index (χ3n) is 3.82. The van der Waals surface area contributed by atoms with Gasteiger partial charge in [-0.05, 0) is 42.3 Å². The molecule has 0 radical (unpaired) electrons. The number of thiazole rings is 1. The molecule has 0 fully saturated rings. The molecule has 0 spiro atoms. The fraction of sp³-hybridized carbons (Fsp3) is 0.105. The molecule has 0 aliphatic carbocycles. The second-order valence-corrected chi connectivity index (χ2v) is 8.36. The average Bonchev–Trinajstić information content (AvgIpc) is 3.05. The highest BCUT2D eigenvalue weighted by molar-refractivity contribution is 7.15. The number of hydrogen-bond donors (Lipinski definition) is 1. The molecule has 3 aromatic rings. The minimum absolute atomic E-state index is 0.0392. The third-order valence-corrected chi connectivity index (χ3v) is 5.36. The van der Waals surface area contributed by atoms with Gasteiger partial charge in [0.1, 0.15) is 5.49 Å². The van der Waals surface area contributed by atoms with Crippen molar-refractivity contribution in [3.63, 3.8) is 0 Å². The average molecular weight is 455 g/mol. The quantitative estimate of drug-likeness (QED) is 0.415. The smallest absolute Gasteiger partial charge is 0.267 e. The Morgan fingerprint density at radius 1 is 1.29 bits per heavy atom. The van der Waals surface area contributed by atoms with Crippen LogP contribution in [0.3, 0.4) is 0 Å². The highest BCUT2D eigenvalue weighted by Crippen LogP contribution is 2.25. The Balaban J connectivity index is 2.05. The number of aliphatic hydroxyl groups is 1. The van der Waals surface area contributed by atoms with Crippen LogP contribution in [-0.2, 0) is 6.54 Å². The first-order chi connectivity index (χ1) is 13.4. The van der Waals surface area contributed by atoms with Gasteiger partial charge in [0.05, 0.1) is 18.4 Å². The van der Waals surface area contributed by atoms with Gasteiger partial charge in [-0.1, -0.05) is 40.9 Å². The fourth-order valence-corrected chi connectivity index (χ4v) is 4.00. The molecule has 0 aliphatic heterocycles. The number of nitrogens with zero attached hydrogens (tertiary/aromatic N) is 3. The molecule has 0 aliphatic rings. The van der Waals surface area contributed by atoms with Gasteiger partial charge in [0.2, 0.25) is 0 Å². The molecule has 9 heteroatoms. The molecular weight excluding hydrogens is 441 g/mol. The van der Waals surface area contributed by atoms with Gasteiger partial charge in [0.15, 0.2) is 4.47 Å². The van der Waals surface area contributed by atoms with Gasteiger partial charge in [-0.3, -0.25) is 14.4 Å². The lowest BCUT2D eigenvalue weighted by atomic mass is 10.1. The van der Waals surface area contributed by atoms with Gasteiger partial charge in [-0.25, -0.2) is 4.98 Å². The Morgan fingerprint density at radius 3 is 2.61 bits per heavy atom. The van der Waals surface area contributed by atoms with Crippen molar-refractivity contribution in [2.75, 3.05) is 0 Å². The summed E-state index contributed by atoms with van der Waals surface area (Å²) in [7, 11) is 0. The molecule has 0 atom stereocenters. The number of aromatic nitrogens is 2. The van der Waals surface area contributed by atoms with E-state index < -0.39 is 5.91 Å². The second-order valence-electron chi connectivity index (χ2n) is 5.79. The zero-order valence-electron chi connectivity index (χ0n) is 14.6. The van der Waals surface area contributed by atoms with E-state index in [1.165, 1.54) is 15.9 Å². The van der Waals surface area contributed by atoms with Crippen LogP contribution in [0.5, 0.6) is 0 Å². The van der Waals surface area contributed by atoms with Crippen LogP contribution in [0.25, 0.3) is 5.57 Å². The third kappa shape index (κ3) is 4.64. The molecule has 0 unspecified atom stereocenters. The van der Waals surface area contributed by atoms with Crippen molar-refractivity contribution in [3.8, 4) is 0 Å². The van der Waals surface area contributed by atoms with Crippen molar-refractivity contribution in [2.24, 2.45) is 4.99 Å². The summed E-state index contributed by atoms with van der Waals surface area (Å²) >= 11 is 19.2. The minimum Gasteiger partial charge on any atom is -0.515 e. The van der Waals surface area contributed by atoms with E-state index in [1.807, 2.05) is 13.0 Å². The van der Waals surface area contributed by atoms with Crippen molar-refractivity contribution in [1.29, 1.82) is 0 Å². The SMILES string of the molecule is Cc1cccn(C(=O)/C(=C/O)c2cc(Cl)cc(Cl)c2)c1=NCc1cnc(Cl)s1. The normalized spacial score (nSPS) is 12.4. The van der Waals surface area contributed by atoms with Gasteiger partial charge in [0, 0.05) is 27.3 Å². The number of benzene rings is 1. The molecule has 0 bridgehead atoms. The highest BCUT2D eigenvalue weighted by atomic mass is 35.5. The van der Waals surface area contributed by atoms with Gasteiger partial charge in [-0.2, -0.15) is 0 Å². The number of rotatable bonds is 4. The van der Waals surface area contributed by atoms with E-state index in [-0.39, 0.29) is 5.57 Å². The van der Waals surface area contributed by atoms with Crippen molar-refractivity contribution < 1.29 is 9.90 Å². The maximum atomic E-state index is 13.1. The number of aliphatic hydroxyl groups excluding tert-OH is 1. The van der Waals surface area contributed by atoms with E-state index >= 15 is 0 Å². The number of allylic oxidation sites excluding steroid dienone is 1. The molecule has 144 valence electrons. The Bertz CT molecular complexity index is 1120. The van der Waals surface area contributed by atoms with Gasteiger partial charge in [-0.15, -0.1) is 11.3 Å². The summed E-state index contributed by atoms with van der Waals surface area (Å²) in [6.07, 6.45) is 3.98.